The van der Waals surface area contributed by atoms with Crippen LogP contribution in [0.2, 0.25) is 0 Å². The minimum absolute atomic E-state index is 0.312. The Bertz CT molecular complexity index is 405. The lowest BCUT2D eigenvalue weighted by Gasteiger charge is -2.38. The third-order valence-corrected chi connectivity index (χ3v) is 4.50. The van der Waals surface area contributed by atoms with Crippen molar-refractivity contribution in [3.05, 3.63) is 34.3 Å². The van der Waals surface area contributed by atoms with E-state index in [1.165, 1.54) is 5.56 Å². The van der Waals surface area contributed by atoms with E-state index in [0.717, 1.165) is 56.6 Å². The summed E-state index contributed by atoms with van der Waals surface area (Å²) in [6.07, 6.45) is 3.36. The normalized spacial score (nSPS) is 18.1. The van der Waals surface area contributed by atoms with E-state index in [1.807, 2.05) is 0 Å². The summed E-state index contributed by atoms with van der Waals surface area (Å²) < 4.78 is 11.8. The zero-order valence-electron chi connectivity index (χ0n) is 12.2. The lowest BCUT2D eigenvalue weighted by molar-refractivity contribution is 0.0143. The minimum atomic E-state index is 0.312. The zero-order chi connectivity index (χ0) is 14.3. The van der Waals surface area contributed by atoms with Gasteiger partial charge in [0.1, 0.15) is 0 Å². The predicted octanol–water partition coefficient (Wildman–Crippen LogP) is 3.02. The summed E-state index contributed by atoms with van der Waals surface area (Å²) in [5.41, 5.74) is 1.71. The van der Waals surface area contributed by atoms with Crippen molar-refractivity contribution < 1.29 is 9.47 Å². The van der Waals surface area contributed by atoms with Crippen LogP contribution >= 0.6 is 15.9 Å². The molecule has 0 bridgehead atoms. The number of hydrogen-bond acceptors (Lipinski definition) is 3. The molecule has 3 nitrogen and oxygen atoms in total. The number of halogens is 1. The van der Waals surface area contributed by atoms with Gasteiger partial charge in [-0.25, -0.2) is 0 Å². The van der Waals surface area contributed by atoms with Crippen LogP contribution in [0.15, 0.2) is 28.7 Å². The average Bonchev–Trinajstić information content (AvgIpc) is 2.45. The zero-order valence-corrected chi connectivity index (χ0v) is 13.7. The van der Waals surface area contributed by atoms with E-state index in [4.69, 9.17) is 9.47 Å². The number of nitrogens with one attached hydrogen (secondary N) is 1. The van der Waals surface area contributed by atoms with Gasteiger partial charge in [-0.15, -0.1) is 0 Å². The fourth-order valence-corrected chi connectivity index (χ4v) is 3.27. The second-order valence-electron chi connectivity index (χ2n) is 5.59. The van der Waals surface area contributed by atoms with Crippen molar-refractivity contribution in [3.8, 4) is 0 Å². The lowest BCUT2D eigenvalue weighted by Crippen LogP contribution is -2.41. The molecule has 0 saturated carbocycles. The second kappa shape index (κ2) is 8.13. The first-order chi connectivity index (χ1) is 9.74. The minimum Gasteiger partial charge on any atom is -0.383 e. The molecule has 1 fully saturated rings. The Morgan fingerprint density at radius 3 is 2.85 bits per heavy atom. The van der Waals surface area contributed by atoms with E-state index in [1.54, 1.807) is 7.11 Å². The summed E-state index contributed by atoms with van der Waals surface area (Å²) in [5.74, 6) is 0. The molecule has 1 aliphatic rings. The third kappa shape index (κ3) is 4.85. The van der Waals surface area contributed by atoms with Gasteiger partial charge >= 0.3 is 0 Å². The molecule has 1 saturated heterocycles. The molecule has 1 aromatic rings. The van der Waals surface area contributed by atoms with E-state index in [2.05, 4.69) is 45.5 Å². The van der Waals surface area contributed by atoms with Gasteiger partial charge in [0.15, 0.2) is 0 Å². The largest absolute Gasteiger partial charge is 0.383 e. The molecule has 1 aliphatic heterocycles. The van der Waals surface area contributed by atoms with Gasteiger partial charge in [-0.3, -0.25) is 0 Å². The van der Waals surface area contributed by atoms with E-state index in [-0.39, 0.29) is 0 Å². The molecule has 2 rings (SSSR count). The van der Waals surface area contributed by atoms with Crippen LogP contribution in [0.3, 0.4) is 0 Å². The van der Waals surface area contributed by atoms with E-state index in [9.17, 15) is 0 Å². The fourth-order valence-electron chi connectivity index (χ4n) is 2.83. The van der Waals surface area contributed by atoms with Gasteiger partial charge < -0.3 is 14.8 Å². The standard InChI is InChI=1S/C16H24BrNO2/c1-19-10-7-18-13-16(5-8-20-9-6-16)12-14-3-2-4-15(17)11-14/h2-4,11,18H,5-10,12-13H2,1H3. The van der Waals surface area contributed by atoms with Crippen molar-refractivity contribution in [1.29, 1.82) is 0 Å². The summed E-state index contributed by atoms with van der Waals surface area (Å²) in [5, 5.41) is 3.54. The van der Waals surface area contributed by atoms with Gasteiger partial charge in [-0.1, -0.05) is 28.1 Å². The van der Waals surface area contributed by atoms with E-state index < -0.39 is 0 Å². The van der Waals surface area contributed by atoms with Gasteiger partial charge in [-0.2, -0.15) is 0 Å². The summed E-state index contributed by atoms with van der Waals surface area (Å²) in [7, 11) is 1.74. The van der Waals surface area contributed by atoms with Crippen LogP contribution in [0.25, 0.3) is 0 Å². The van der Waals surface area contributed by atoms with Crippen LogP contribution in [0, 0.1) is 5.41 Å². The Morgan fingerprint density at radius 1 is 1.35 bits per heavy atom. The quantitative estimate of drug-likeness (QED) is 0.773. The first-order valence-electron chi connectivity index (χ1n) is 7.26. The highest BCUT2D eigenvalue weighted by Gasteiger charge is 2.32. The molecular weight excluding hydrogens is 318 g/mol. The van der Waals surface area contributed by atoms with Crippen LogP contribution < -0.4 is 5.32 Å². The SMILES string of the molecule is COCCNCC1(Cc2cccc(Br)c2)CCOCC1. The van der Waals surface area contributed by atoms with Gasteiger partial charge in [-0.05, 0) is 42.4 Å². The summed E-state index contributed by atoms with van der Waals surface area (Å²) in [6, 6.07) is 8.64. The van der Waals surface area contributed by atoms with Crippen LogP contribution in [0.5, 0.6) is 0 Å². The Morgan fingerprint density at radius 2 is 2.15 bits per heavy atom. The van der Waals surface area contributed by atoms with Crippen molar-refractivity contribution >= 4 is 15.9 Å². The molecule has 4 heteroatoms. The second-order valence-corrected chi connectivity index (χ2v) is 6.50. The van der Waals surface area contributed by atoms with Crippen molar-refractivity contribution in [2.24, 2.45) is 5.41 Å². The van der Waals surface area contributed by atoms with Crippen molar-refractivity contribution in [1.82, 2.24) is 5.32 Å². The Labute approximate surface area is 130 Å². The highest BCUT2D eigenvalue weighted by Crippen LogP contribution is 2.34. The highest BCUT2D eigenvalue weighted by molar-refractivity contribution is 9.10. The van der Waals surface area contributed by atoms with Gasteiger partial charge in [0, 0.05) is 37.9 Å². The summed E-state index contributed by atoms with van der Waals surface area (Å²) >= 11 is 3.56. The Balaban J connectivity index is 1.98. The monoisotopic (exact) mass is 341 g/mol. The first kappa shape index (κ1) is 16.0. The van der Waals surface area contributed by atoms with Crippen LogP contribution in [-0.4, -0.2) is 40.0 Å². The lowest BCUT2D eigenvalue weighted by atomic mass is 9.75. The van der Waals surface area contributed by atoms with Gasteiger partial charge in [0.25, 0.3) is 0 Å². The third-order valence-electron chi connectivity index (χ3n) is 4.00. The summed E-state index contributed by atoms with van der Waals surface area (Å²) in [6.45, 7) is 4.47. The van der Waals surface area contributed by atoms with Crippen LogP contribution in [-0.2, 0) is 15.9 Å². The van der Waals surface area contributed by atoms with Crippen molar-refractivity contribution in [2.75, 3.05) is 40.0 Å². The molecule has 0 spiro atoms. The molecule has 1 heterocycles. The smallest absolute Gasteiger partial charge is 0.0587 e. The molecule has 0 radical (unpaired) electrons. The van der Waals surface area contributed by atoms with Crippen molar-refractivity contribution in [3.63, 3.8) is 0 Å². The molecule has 1 aromatic carbocycles. The van der Waals surface area contributed by atoms with Crippen LogP contribution in [0.4, 0.5) is 0 Å². The molecule has 0 atom stereocenters. The highest BCUT2D eigenvalue weighted by atomic mass is 79.9. The number of rotatable bonds is 7. The molecule has 20 heavy (non-hydrogen) atoms. The topological polar surface area (TPSA) is 30.5 Å². The molecule has 0 amide bonds. The molecule has 1 N–H and O–H groups in total. The van der Waals surface area contributed by atoms with E-state index >= 15 is 0 Å². The number of hydrogen-bond donors (Lipinski definition) is 1. The molecular formula is C16H24BrNO2. The van der Waals surface area contributed by atoms with Gasteiger partial charge in [0.2, 0.25) is 0 Å². The summed E-state index contributed by atoms with van der Waals surface area (Å²) in [4.78, 5) is 0. The molecule has 112 valence electrons. The van der Waals surface area contributed by atoms with Crippen LogP contribution in [0.1, 0.15) is 18.4 Å². The molecule has 0 unspecified atom stereocenters. The molecule has 0 aliphatic carbocycles. The fraction of sp³-hybridized carbons (Fsp3) is 0.625. The average molecular weight is 342 g/mol. The van der Waals surface area contributed by atoms with E-state index in [0.29, 0.717) is 5.41 Å². The first-order valence-corrected chi connectivity index (χ1v) is 8.05. The number of benzene rings is 1. The Kier molecular flexibility index (Phi) is 6.49. The predicted molar refractivity (Wildman–Crippen MR) is 85.1 cm³/mol. The maximum Gasteiger partial charge on any atom is 0.0587 e. The number of ether oxygens (including phenoxy) is 2. The van der Waals surface area contributed by atoms with Gasteiger partial charge in [0.05, 0.1) is 6.61 Å². The van der Waals surface area contributed by atoms with Crippen molar-refractivity contribution in [2.45, 2.75) is 19.3 Å². The Hall–Kier alpha value is -0.420. The maximum absolute atomic E-state index is 5.55. The maximum atomic E-state index is 5.55. The molecule has 0 aromatic heterocycles. The number of methoxy groups -OCH3 is 1.